The highest BCUT2D eigenvalue weighted by atomic mass is 35.5. The fourth-order valence-corrected chi connectivity index (χ4v) is 4.62. The van der Waals surface area contributed by atoms with Gasteiger partial charge in [0, 0.05) is 12.1 Å². The number of carbonyl (C=O) groups is 2. The standard InChI is InChI=1S/C17H13Cl2NO7S/c1-25-9-6-12(26-2)15-13(7-9)28(23,24)20(16(15)21)8-27-17(22)14-10(18)4-3-5-11(14)19/h3-7H,8H2,1-2H3. The number of amides is 1. The molecule has 11 heteroatoms. The fraction of sp³-hybridized carbons (Fsp3) is 0.176. The van der Waals surface area contributed by atoms with E-state index in [2.05, 4.69) is 0 Å². The first-order valence-corrected chi connectivity index (χ1v) is 9.86. The van der Waals surface area contributed by atoms with Crippen LogP contribution in [0.25, 0.3) is 0 Å². The van der Waals surface area contributed by atoms with Crippen LogP contribution in [0.4, 0.5) is 0 Å². The minimum Gasteiger partial charge on any atom is -0.497 e. The lowest BCUT2D eigenvalue weighted by Crippen LogP contribution is -2.33. The molecule has 1 amide bonds. The molecule has 0 N–H and O–H groups in total. The zero-order valence-corrected chi connectivity index (χ0v) is 16.9. The Hall–Kier alpha value is -2.49. The van der Waals surface area contributed by atoms with Gasteiger partial charge in [-0.15, -0.1) is 0 Å². The first-order chi connectivity index (χ1) is 13.2. The first-order valence-electron chi connectivity index (χ1n) is 7.66. The molecule has 2 aromatic rings. The van der Waals surface area contributed by atoms with Crippen LogP contribution in [0.1, 0.15) is 20.7 Å². The molecule has 0 radical (unpaired) electrons. The fourth-order valence-electron chi connectivity index (χ4n) is 2.62. The van der Waals surface area contributed by atoms with Gasteiger partial charge in [0.15, 0.2) is 6.73 Å². The van der Waals surface area contributed by atoms with Crippen LogP contribution in [0.15, 0.2) is 35.2 Å². The van der Waals surface area contributed by atoms with Crippen molar-refractivity contribution in [3.8, 4) is 11.5 Å². The van der Waals surface area contributed by atoms with Crippen molar-refractivity contribution in [2.45, 2.75) is 4.90 Å². The first kappa shape index (κ1) is 20.2. The lowest BCUT2D eigenvalue weighted by molar-refractivity contribution is 0.0358. The van der Waals surface area contributed by atoms with Crippen LogP contribution < -0.4 is 9.47 Å². The van der Waals surface area contributed by atoms with Crippen molar-refractivity contribution in [2.24, 2.45) is 0 Å². The second kappa shape index (κ2) is 7.50. The molecular formula is C17H13Cl2NO7S. The molecule has 0 saturated carbocycles. The molecule has 1 aliphatic rings. The van der Waals surface area contributed by atoms with Crippen LogP contribution >= 0.6 is 23.2 Å². The van der Waals surface area contributed by atoms with Gasteiger partial charge in [0.05, 0.1) is 29.8 Å². The molecule has 0 bridgehead atoms. The Morgan fingerprint density at radius 2 is 1.75 bits per heavy atom. The zero-order chi connectivity index (χ0) is 20.6. The molecule has 0 spiro atoms. The minimum absolute atomic E-state index is 0.0194. The predicted molar refractivity (Wildman–Crippen MR) is 99.6 cm³/mol. The number of benzene rings is 2. The van der Waals surface area contributed by atoms with Crippen molar-refractivity contribution in [2.75, 3.05) is 21.0 Å². The Labute approximate surface area is 170 Å². The Bertz CT molecular complexity index is 1060. The van der Waals surface area contributed by atoms with Crippen molar-refractivity contribution in [3.05, 3.63) is 51.5 Å². The molecule has 0 fully saturated rings. The number of nitrogens with zero attached hydrogens (tertiary/aromatic N) is 1. The van der Waals surface area contributed by atoms with E-state index in [0.717, 1.165) is 0 Å². The third kappa shape index (κ3) is 3.25. The SMILES string of the molecule is COc1cc(OC)c2c(c1)S(=O)(=O)N(COC(=O)c1c(Cl)cccc1Cl)C2=O. The zero-order valence-electron chi connectivity index (χ0n) is 14.6. The maximum absolute atomic E-state index is 12.8. The summed E-state index contributed by atoms with van der Waals surface area (Å²) in [6.45, 7) is -0.859. The average molecular weight is 446 g/mol. The molecule has 0 atom stereocenters. The summed E-state index contributed by atoms with van der Waals surface area (Å²) < 4.78 is 41.1. The maximum Gasteiger partial charge on any atom is 0.342 e. The Kier molecular flexibility index (Phi) is 5.42. The normalized spacial score (nSPS) is 14.6. The molecule has 148 valence electrons. The van der Waals surface area contributed by atoms with Gasteiger partial charge in [-0.25, -0.2) is 13.2 Å². The van der Waals surface area contributed by atoms with E-state index < -0.39 is 28.6 Å². The number of hydrogen-bond donors (Lipinski definition) is 0. The van der Waals surface area contributed by atoms with Crippen molar-refractivity contribution < 1.29 is 32.2 Å². The highest BCUT2D eigenvalue weighted by molar-refractivity contribution is 7.90. The number of fused-ring (bicyclic) bond motifs is 1. The summed E-state index contributed by atoms with van der Waals surface area (Å²) in [5, 5.41) is 0.0607. The van der Waals surface area contributed by atoms with Crippen LogP contribution in [0, 0.1) is 0 Å². The molecule has 2 aromatic carbocycles. The van der Waals surface area contributed by atoms with E-state index in [1.54, 1.807) is 0 Å². The highest BCUT2D eigenvalue weighted by Crippen LogP contribution is 2.39. The van der Waals surface area contributed by atoms with Crippen molar-refractivity contribution in [1.82, 2.24) is 4.31 Å². The third-order valence-electron chi connectivity index (χ3n) is 3.98. The van der Waals surface area contributed by atoms with Crippen LogP contribution in [-0.4, -0.2) is 45.5 Å². The van der Waals surface area contributed by atoms with Crippen molar-refractivity contribution in [1.29, 1.82) is 0 Å². The largest absolute Gasteiger partial charge is 0.497 e. The quantitative estimate of drug-likeness (QED) is 0.652. The molecule has 28 heavy (non-hydrogen) atoms. The molecule has 0 unspecified atom stereocenters. The second-order valence-corrected chi connectivity index (χ2v) is 8.16. The summed E-state index contributed by atoms with van der Waals surface area (Å²) in [6.07, 6.45) is 0. The predicted octanol–water partition coefficient (Wildman–Crippen LogP) is 2.97. The number of carbonyl (C=O) groups excluding carboxylic acids is 2. The van der Waals surface area contributed by atoms with Crippen LogP contribution in [-0.2, 0) is 14.8 Å². The second-order valence-electron chi connectivity index (χ2n) is 5.52. The van der Waals surface area contributed by atoms with Gasteiger partial charge < -0.3 is 14.2 Å². The Morgan fingerprint density at radius 1 is 1.11 bits per heavy atom. The van der Waals surface area contributed by atoms with Gasteiger partial charge in [0.2, 0.25) is 0 Å². The molecule has 0 aromatic heterocycles. The van der Waals surface area contributed by atoms with Crippen LogP contribution in [0.3, 0.4) is 0 Å². The molecule has 0 aliphatic carbocycles. The molecule has 8 nitrogen and oxygen atoms in total. The average Bonchev–Trinajstić information content (AvgIpc) is 2.85. The van der Waals surface area contributed by atoms with E-state index in [-0.39, 0.29) is 37.6 Å². The van der Waals surface area contributed by atoms with Crippen LogP contribution in [0.2, 0.25) is 10.0 Å². The smallest absolute Gasteiger partial charge is 0.342 e. The summed E-state index contributed by atoms with van der Waals surface area (Å²) in [6, 6.07) is 6.96. The Morgan fingerprint density at radius 3 is 2.32 bits per heavy atom. The lowest BCUT2D eigenvalue weighted by Gasteiger charge is -2.15. The Balaban J connectivity index is 1.92. The van der Waals surface area contributed by atoms with E-state index in [1.165, 1.54) is 44.6 Å². The topological polar surface area (TPSA) is 99.2 Å². The van der Waals surface area contributed by atoms with Gasteiger partial charge in [-0.2, -0.15) is 4.31 Å². The van der Waals surface area contributed by atoms with E-state index in [4.69, 9.17) is 37.4 Å². The summed E-state index contributed by atoms with van der Waals surface area (Å²) in [5.41, 5.74) is -0.304. The summed E-state index contributed by atoms with van der Waals surface area (Å²) in [7, 11) is -1.64. The highest BCUT2D eigenvalue weighted by Gasteiger charge is 2.44. The van der Waals surface area contributed by atoms with Gasteiger partial charge in [-0.1, -0.05) is 29.3 Å². The molecule has 1 heterocycles. The van der Waals surface area contributed by atoms with Gasteiger partial charge >= 0.3 is 5.97 Å². The van der Waals surface area contributed by atoms with E-state index in [0.29, 0.717) is 4.31 Å². The summed E-state index contributed by atoms with van der Waals surface area (Å²) in [5.74, 6) is -1.66. The number of sulfonamides is 1. The number of methoxy groups -OCH3 is 2. The number of halogens is 2. The van der Waals surface area contributed by atoms with E-state index in [9.17, 15) is 18.0 Å². The van der Waals surface area contributed by atoms with Crippen molar-refractivity contribution in [3.63, 3.8) is 0 Å². The van der Waals surface area contributed by atoms with Crippen molar-refractivity contribution >= 4 is 45.1 Å². The number of esters is 1. The minimum atomic E-state index is -4.28. The maximum atomic E-state index is 12.8. The number of ether oxygens (including phenoxy) is 3. The number of rotatable bonds is 5. The van der Waals surface area contributed by atoms with Gasteiger partial charge in [-0.3, -0.25) is 4.79 Å². The van der Waals surface area contributed by atoms with E-state index >= 15 is 0 Å². The molecule has 1 aliphatic heterocycles. The van der Waals surface area contributed by atoms with Crippen LogP contribution in [0.5, 0.6) is 11.5 Å². The summed E-state index contributed by atoms with van der Waals surface area (Å²) in [4.78, 5) is 24.6. The molecule has 0 saturated heterocycles. The third-order valence-corrected chi connectivity index (χ3v) is 6.34. The molecule has 3 rings (SSSR count). The molecular weight excluding hydrogens is 433 g/mol. The van der Waals surface area contributed by atoms with Gasteiger partial charge in [-0.05, 0) is 12.1 Å². The van der Waals surface area contributed by atoms with Gasteiger partial charge in [0.25, 0.3) is 15.9 Å². The lowest BCUT2D eigenvalue weighted by atomic mass is 10.1. The summed E-state index contributed by atoms with van der Waals surface area (Å²) >= 11 is 11.9. The van der Waals surface area contributed by atoms with Gasteiger partial charge in [0.1, 0.15) is 22.0 Å². The van der Waals surface area contributed by atoms with E-state index in [1.807, 2.05) is 0 Å². The monoisotopic (exact) mass is 445 g/mol. The number of hydrogen-bond acceptors (Lipinski definition) is 7.